The van der Waals surface area contributed by atoms with Crippen LogP contribution in [0.15, 0.2) is 42.5 Å². The molecule has 2 aromatic rings. The highest BCUT2D eigenvalue weighted by atomic mass is 32.2. The number of aliphatic hydroxyl groups is 1. The molecule has 1 aliphatic heterocycles. The molecule has 3 heteroatoms. The van der Waals surface area contributed by atoms with Crippen LogP contribution in [0.5, 0.6) is 0 Å². The van der Waals surface area contributed by atoms with Crippen molar-refractivity contribution in [3.63, 3.8) is 0 Å². The quantitative estimate of drug-likeness (QED) is 0.902. The fourth-order valence-electron chi connectivity index (χ4n) is 2.87. The minimum Gasteiger partial charge on any atom is -0.389 e. The van der Waals surface area contributed by atoms with Crippen molar-refractivity contribution in [1.82, 2.24) is 5.32 Å². The molecule has 112 valence electrons. The van der Waals surface area contributed by atoms with Gasteiger partial charge in [0.25, 0.3) is 0 Å². The Bertz CT molecular complexity index is 607. The SMILES string of the molecule is CC(NCC1(O)CCSCC1)c1ccc2ccccc2c1. The number of nitrogens with one attached hydrogen (secondary N) is 1. The van der Waals surface area contributed by atoms with E-state index in [1.165, 1.54) is 16.3 Å². The second-order valence-electron chi connectivity index (χ2n) is 6.05. The summed E-state index contributed by atoms with van der Waals surface area (Å²) in [6.07, 6.45) is 1.80. The Kier molecular flexibility index (Phi) is 4.53. The number of fused-ring (bicyclic) bond motifs is 1. The lowest BCUT2D eigenvalue weighted by Crippen LogP contribution is -2.44. The molecule has 2 N–H and O–H groups in total. The minimum atomic E-state index is -0.518. The Labute approximate surface area is 130 Å². The van der Waals surface area contributed by atoms with Crippen LogP contribution in [-0.4, -0.2) is 28.8 Å². The third-order valence-electron chi connectivity index (χ3n) is 4.43. The Morgan fingerprint density at radius 3 is 2.62 bits per heavy atom. The van der Waals surface area contributed by atoms with Gasteiger partial charge in [0, 0.05) is 12.6 Å². The highest BCUT2D eigenvalue weighted by Gasteiger charge is 2.29. The fraction of sp³-hybridized carbons (Fsp3) is 0.444. The highest BCUT2D eigenvalue weighted by molar-refractivity contribution is 7.99. The van der Waals surface area contributed by atoms with Crippen molar-refractivity contribution >= 4 is 22.5 Å². The van der Waals surface area contributed by atoms with Crippen LogP contribution in [0.1, 0.15) is 31.4 Å². The van der Waals surface area contributed by atoms with Crippen molar-refractivity contribution in [2.45, 2.75) is 31.4 Å². The van der Waals surface area contributed by atoms with Crippen molar-refractivity contribution in [3.05, 3.63) is 48.0 Å². The molecule has 0 spiro atoms. The summed E-state index contributed by atoms with van der Waals surface area (Å²) >= 11 is 1.94. The summed E-state index contributed by atoms with van der Waals surface area (Å²) in [6, 6.07) is 15.3. The first-order valence-electron chi connectivity index (χ1n) is 7.69. The third kappa shape index (κ3) is 3.60. The molecule has 0 aliphatic carbocycles. The van der Waals surface area contributed by atoms with E-state index in [4.69, 9.17) is 0 Å². The van der Waals surface area contributed by atoms with Gasteiger partial charge in [0.2, 0.25) is 0 Å². The molecule has 1 heterocycles. The van der Waals surface area contributed by atoms with E-state index in [1.54, 1.807) is 0 Å². The largest absolute Gasteiger partial charge is 0.389 e. The molecule has 0 aromatic heterocycles. The molecule has 1 fully saturated rings. The van der Waals surface area contributed by atoms with Crippen LogP contribution in [0.2, 0.25) is 0 Å². The van der Waals surface area contributed by atoms with Gasteiger partial charge in [0.15, 0.2) is 0 Å². The van der Waals surface area contributed by atoms with Gasteiger partial charge in [0.05, 0.1) is 5.60 Å². The summed E-state index contributed by atoms with van der Waals surface area (Å²) in [4.78, 5) is 0. The highest BCUT2D eigenvalue weighted by Crippen LogP contribution is 2.27. The maximum absolute atomic E-state index is 10.6. The van der Waals surface area contributed by atoms with E-state index in [0.29, 0.717) is 6.54 Å². The maximum Gasteiger partial charge on any atom is 0.0787 e. The number of benzene rings is 2. The minimum absolute atomic E-state index is 0.258. The third-order valence-corrected chi connectivity index (χ3v) is 5.42. The fourth-order valence-corrected chi connectivity index (χ4v) is 4.12. The smallest absolute Gasteiger partial charge is 0.0787 e. The molecular formula is C18H23NOS. The van der Waals surface area contributed by atoms with Gasteiger partial charge in [-0.2, -0.15) is 11.8 Å². The van der Waals surface area contributed by atoms with Gasteiger partial charge in [-0.3, -0.25) is 0 Å². The van der Waals surface area contributed by atoms with Gasteiger partial charge in [0.1, 0.15) is 0 Å². The van der Waals surface area contributed by atoms with E-state index >= 15 is 0 Å². The van der Waals surface area contributed by atoms with Crippen molar-refractivity contribution in [3.8, 4) is 0 Å². The zero-order valence-corrected chi connectivity index (χ0v) is 13.3. The summed E-state index contributed by atoms with van der Waals surface area (Å²) < 4.78 is 0. The predicted octanol–water partition coefficient (Wildman–Crippen LogP) is 3.75. The molecule has 0 bridgehead atoms. The molecule has 1 saturated heterocycles. The molecule has 1 aliphatic rings. The average Bonchev–Trinajstić information content (AvgIpc) is 2.53. The van der Waals surface area contributed by atoms with Crippen LogP contribution >= 0.6 is 11.8 Å². The molecule has 2 aromatic carbocycles. The number of thioether (sulfide) groups is 1. The van der Waals surface area contributed by atoms with Crippen LogP contribution < -0.4 is 5.32 Å². The number of rotatable bonds is 4. The van der Waals surface area contributed by atoms with E-state index in [-0.39, 0.29) is 6.04 Å². The Morgan fingerprint density at radius 2 is 1.86 bits per heavy atom. The first-order valence-corrected chi connectivity index (χ1v) is 8.84. The lowest BCUT2D eigenvalue weighted by atomic mass is 9.95. The van der Waals surface area contributed by atoms with Gasteiger partial charge in [-0.1, -0.05) is 36.4 Å². The van der Waals surface area contributed by atoms with Crippen LogP contribution in [0.3, 0.4) is 0 Å². The van der Waals surface area contributed by atoms with Gasteiger partial charge in [-0.15, -0.1) is 0 Å². The molecule has 2 nitrogen and oxygen atoms in total. The second kappa shape index (κ2) is 6.39. The van der Waals surface area contributed by atoms with E-state index in [1.807, 2.05) is 11.8 Å². The zero-order valence-electron chi connectivity index (χ0n) is 12.5. The zero-order chi connectivity index (χ0) is 14.7. The average molecular weight is 301 g/mol. The van der Waals surface area contributed by atoms with Crippen molar-refractivity contribution in [2.24, 2.45) is 0 Å². The topological polar surface area (TPSA) is 32.3 Å². The summed E-state index contributed by atoms with van der Waals surface area (Å²) in [5.41, 5.74) is 0.763. The number of hydrogen-bond donors (Lipinski definition) is 2. The Hall–Kier alpha value is -1.03. The summed E-state index contributed by atoms with van der Waals surface area (Å²) in [5.74, 6) is 2.14. The lowest BCUT2D eigenvalue weighted by molar-refractivity contribution is 0.0300. The number of hydrogen-bond acceptors (Lipinski definition) is 3. The second-order valence-corrected chi connectivity index (χ2v) is 7.27. The van der Waals surface area contributed by atoms with Crippen molar-refractivity contribution in [1.29, 1.82) is 0 Å². The van der Waals surface area contributed by atoms with Gasteiger partial charge >= 0.3 is 0 Å². The molecule has 1 unspecified atom stereocenters. The van der Waals surface area contributed by atoms with Gasteiger partial charge in [-0.25, -0.2) is 0 Å². The Morgan fingerprint density at radius 1 is 1.14 bits per heavy atom. The monoisotopic (exact) mass is 301 g/mol. The van der Waals surface area contributed by atoms with Gasteiger partial charge in [-0.05, 0) is 53.7 Å². The maximum atomic E-state index is 10.6. The lowest BCUT2D eigenvalue weighted by Gasteiger charge is -2.33. The van der Waals surface area contributed by atoms with Crippen molar-refractivity contribution in [2.75, 3.05) is 18.1 Å². The van der Waals surface area contributed by atoms with E-state index in [2.05, 4.69) is 54.7 Å². The molecule has 3 rings (SSSR count). The standard InChI is InChI=1S/C18H23NOS/c1-14(19-13-18(20)8-10-21-11-9-18)16-7-6-15-4-2-3-5-17(15)12-16/h2-7,12,14,19-20H,8-11,13H2,1H3. The van der Waals surface area contributed by atoms with Gasteiger partial charge < -0.3 is 10.4 Å². The molecule has 0 amide bonds. The predicted molar refractivity (Wildman–Crippen MR) is 91.9 cm³/mol. The first kappa shape index (κ1) is 14.9. The van der Waals surface area contributed by atoms with E-state index in [0.717, 1.165) is 24.3 Å². The van der Waals surface area contributed by atoms with Crippen LogP contribution in [0, 0.1) is 0 Å². The summed E-state index contributed by atoms with van der Waals surface area (Å²) in [7, 11) is 0. The summed E-state index contributed by atoms with van der Waals surface area (Å²) in [5, 5.41) is 16.6. The van der Waals surface area contributed by atoms with Crippen molar-refractivity contribution < 1.29 is 5.11 Å². The van der Waals surface area contributed by atoms with Crippen LogP contribution in [0.4, 0.5) is 0 Å². The summed E-state index contributed by atoms with van der Waals surface area (Å²) in [6.45, 7) is 2.85. The Balaban J connectivity index is 1.67. The van der Waals surface area contributed by atoms with Crippen LogP contribution in [-0.2, 0) is 0 Å². The van der Waals surface area contributed by atoms with E-state index in [9.17, 15) is 5.11 Å². The molecule has 21 heavy (non-hydrogen) atoms. The van der Waals surface area contributed by atoms with E-state index < -0.39 is 5.60 Å². The molecule has 0 radical (unpaired) electrons. The van der Waals surface area contributed by atoms with Crippen LogP contribution in [0.25, 0.3) is 10.8 Å². The molecular weight excluding hydrogens is 278 g/mol. The molecule has 1 atom stereocenters. The molecule has 0 saturated carbocycles. The normalized spacial score (nSPS) is 19.5. The first-order chi connectivity index (χ1) is 10.2.